The van der Waals surface area contributed by atoms with Gasteiger partial charge in [-0.3, -0.25) is 14.2 Å². The number of aromatic nitrogens is 2. The molecule has 1 aromatic carbocycles. The van der Waals surface area contributed by atoms with Gasteiger partial charge in [-0.25, -0.2) is 9.78 Å². The van der Waals surface area contributed by atoms with Gasteiger partial charge in [-0.15, -0.1) is 11.3 Å². The summed E-state index contributed by atoms with van der Waals surface area (Å²) in [6.07, 6.45) is 1.35. The number of nitrogens with zero attached hydrogens (tertiary/aromatic N) is 2. The van der Waals surface area contributed by atoms with Gasteiger partial charge in [0.05, 0.1) is 25.4 Å². The number of ether oxygens (including phenoxy) is 1. The van der Waals surface area contributed by atoms with Crippen LogP contribution < -0.4 is 5.56 Å². The summed E-state index contributed by atoms with van der Waals surface area (Å²) in [5.74, 6) is -0.286. The number of rotatable bonds is 5. The van der Waals surface area contributed by atoms with Crippen LogP contribution in [0, 0.1) is 6.92 Å². The zero-order valence-electron chi connectivity index (χ0n) is 15.6. The van der Waals surface area contributed by atoms with E-state index in [9.17, 15) is 14.4 Å². The molecule has 2 aromatic heterocycles. The highest BCUT2D eigenvalue weighted by molar-refractivity contribution is 7.20. The molecule has 0 spiro atoms. The normalized spacial score (nSPS) is 11.1. The minimum atomic E-state index is -0.497. The van der Waals surface area contributed by atoms with Gasteiger partial charge in [0, 0.05) is 5.56 Å². The first-order chi connectivity index (χ1) is 12.8. The van der Waals surface area contributed by atoms with E-state index in [1.54, 1.807) is 19.1 Å². The number of Topliss-reactive ketones (excluding diaryl/α,β-unsaturated/α-hetero) is 1. The van der Waals surface area contributed by atoms with Gasteiger partial charge >= 0.3 is 5.97 Å². The van der Waals surface area contributed by atoms with Gasteiger partial charge in [-0.2, -0.15) is 0 Å². The molecule has 0 atom stereocenters. The van der Waals surface area contributed by atoms with Crippen LogP contribution in [0.3, 0.4) is 0 Å². The number of hydrogen-bond donors (Lipinski definition) is 0. The van der Waals surface area contributed by atoms with Gasteiger partial charge in [0.2, 0.25) is 0 Å². The molecule has 0 aliphatic carbocycles. The molecule has 0 N–H and O–H groups in total. The number of ketones is 1. The average Bonchev–Trinajstić information content (AvgIpc) is 3.00. The topological polar surface area (TPSA) is 78.3 Å². The van der Waals surface area contributed by atoms with Gasteiger partial charge in [0.1, 0.15) is 9.71 Å². The molecule has 0 amide bonds. The van der Waals surface area contributed by atoms with Crippen LogP contribution >= 0.6 is 11.3 Å². The Hall–Kier alpha value is -2.80. The van der Waals surface area contributed by atoms with E-state index in [0.717, 1.165) is 16.9 Å². The van der Waals surface area contributed by atoms with E-state index in [-0.39, 0.29) is 17.9 Å². The number of benzene rings is 1. The Bertz CT molecular complexity index is 1080. The van der Waals surface area contributed by atoms with Crippen LogP contribution in [-0.4, -0.2) is 28.4 Å². The first-order valence-electron chi connectivity index (χ1n) is 8.53. The summed E-state index contributed by atoms with van der Waals surface area (Å²) in [7, 11) is 1.29. The maximum atomic E-state index is 12.8. The lowest BCUT2D eigenvalue weighted by atomic mass is 10.0. The number of methoxy groups -OCH3 is 1. The second-order valence-corrected chi connectivity index (χ2v) is 7.60. The molecule has 3 rings (SSSR count). The van der Waals surface area contributed by atoms with E-state index >= 15 is 0 Å². The number of carbonyl (C=O) groups is 2. The van der Waals surface area contributed by atoms with Gasteiger partial charge < -0.3 is 4.74 Å². The zero-order valence-corrected chi connectivity index (χ0v) is 16.4. The largest absolute Gasteiger partial charge is 0.465 e. The lowest BCUT2D eigenvalue weighted by Crippen LogP contribution is -2.24. The van der Waals surface area contributed by atoms with E-state index < -0.39 is 5.97 Å². The Morgan fingerprint density at radius 2 is 1.89 bits per heavy atom. The summed E-state index contributed by atoms with van der Waals surface area (Å²) in [5, 5.41) is 0.353. The smallest absolute Gasteiger partial charge is 0.348 e. The van der Waals surface area contributed by atoms with Crippen LogP contribution in [0.15, 0.2) is 35.4 Å². The van der Waals surface area contributed by atoms with Crippen molar-refractivity contribution in [1.29, 1.82) is 0 Å². The SMILES string of the molecule is COC(=O)c1sc2ncn(CC(=O)c3ccc(C(C)C)cc3)c(=O)c2c1C. The van der Waals surface area contributed by atoms with Crippen LogP contribution in [0.5, 0.6) is 0 Å². The number of thiophene rings is 1. The van der Waals surface area contributed by atoms with E-state index in [0.29, 0.717) is 32.1 Å². The lowest BCUT2D eigenvalue weighted by Gasteiger charge is -2.08. The maximum Gasteiger partial charge on any atom is 0.348 e. The van der Waals surface area contributed by atoms with Crippen LogP contribution in [0.4, 0.5) is 0 Å². The highest BCUT2D eigenvalue weighted by Gasteiger charge is 2.20. The average molecular weight is 384 g/mol. The molecule has 7 heteroatoms. The van der Waals surface area contributed by atoms with Crippen molar-refractivity contribution in [2.45, 2.75) is 33.2 Å². The Morgan fingerprint density at radius 1 is 1.22 bits per heavy atom. The molecule has 0 aliphatic rings. The quantitative estimate of drug-likeness (QED) is 0.496. The molecule has 0 unspecified atom stereocenters. The molecule has 140 valence electrons. The minimum absolute atomic E-state index is 0.106. The second-order valence-electron chi connectivity index (χ2n) is 6.61. The standard InChI is InChI=1S/C20H20N2O4S/c1-11(2)13-5-7-14(8-6-13)15(23)9-22-10-21-18-16(19(22)24)12(3)17(27-18)20(25)26-4/h5-8,10-11H,9H2,1-4H3. The molecular weight excluding hydrogens is 364 g/mol. The van der Waals surface area contributed by atoms with E-state index in [1.165, 1.54) is 18.0 Å². The highest BCUT2D eigenvalue weighted by atomic mass is 32.1. The summed E-state index contributed by atoms with van der Waals surface area (Å²) in [4.78, 5) is 42.3. The summed E-state index contributed by atoms with van der Waals surface area (Å²) in [6.45, 7) is 5.75. The van der Waals surface area contributed by atoms with Crippen LogP contribution in [0.25, 0.3) is 10.2 Å². The molecule has 0 radical (unpaired) electrons. The van der Waals surface area contributed by atoms with Crippen molar-refractivity contribution in [3.05, 3.63) is 62.5 Å². The number of esters is 1. The fraction of sp³-hybridized carbons (Fsp3) is 0.300. The first-order valence-corrected chi connectivity index (χ1v) is 9.35. The van der Waals surface area contributed by atoms with Gasteiger partial charge in [-0.05, 0) is 24.0 Å². The third-order valence-electron chi connectivity index (χ3n) is 4.50. The minimum Gasteiger partial charge on any atom is -0.465 e. The van der Waals surface area contributed by atoms with Crippen LogP contribution in [0.1, 0.15) is 50.9 Å². The molecule has 0 fully saturated rings. The van der Waals surface area contributed by atoms with Gasteiger partial charge in [0.25, 0.3) is 5.56 Å². The van der Waals surface area contributed by atoms with Crippen molar-refractivity contribution < 1.29 is 14.3 Å². The van der Waals surface area contributed by atoms with Crippen molar-refractivity contribution >= 4 is 33.3 Å². The molecule has 6 nitrogen and oxygen atoms in total. The second kappa shape index (κ2) is 7.44. The lowest BCUT2D eigenvalue weighted by molar-refractivity contribution is 0.0605. The van der Waals surface area contributed by atoms with Crippen molar-refractivity contribution in [2.75, 3.05) is 7.11 Å². The molecule has 0 aliphatic heterocycles. The fourth-order valence-corrected chi connectivity index (χ4v) is 3.92. The maximum absolute atomic E-state index is 12.8. The van der Waals surface area contributed by atoms with E-state index in [1.807, 2.05) is 12.1 Å². The Morgan fingerprint density at radius 3 is 2.48 bits per heavy atom. The molecule has 0 saturated heterocycles. The highest BCUT2D eigenvalue weighted by Crippen LogP contribution is 2.27. The van der Waals surface area contributed by atoms with Crippen molar-refractivity contribution in [2.24, 2.45) is 0 Å². The van der Waals surface area contributed by atoms with Crippen molar-refractivity contribution in [1.82, 2.24) is 9.55 Å². The monoisotopic (exact) mass is 384 g/mol. The summed E-state index contributed by atoms with van der Waals surface area (Å²) in [6, 6.07) is 7.40. The zero-order chi connectivity index (χ0) is 19.7. The number of hydrogen-bond acceptors (Lipinski definition) is 6. The predicted molar refractivity (Wildman–Crippen MR) is 105 cm³/mol. The first kappa shape index (κ1) is 19.0. The van der Waals surface area contributed by atoms with E-state index in [4.69, 9.17) is 4.74 Å². The summed E-state index contributed by atoms with van der Waals surface area (Å²) >= 11 is 1.12. The predicted octanol–water partition coefficient (Wildman–Crippen LogP) is 3.56. The van der Waals surface area contributed by atoms with Crippen LogP contribution in [0.2, 0.25) is 0 Å². The van der Waals surface area contributed by atoms with Gasteiger partial charge in [0.15, 0.2) is 5.78 Å². The molecule has 2 heterocycles. The summed E-state index contributed by atoms with van der Waals surface area (Å²) < 4.78 is 6.03. The Kier molecular flexibility index (Phi) is 5.23. The Balaban J connectivity index is 1.94. The molecule has 0 saturated carbocycles. The van der Waals surface area contributed by atoms with Crippen molar-refractivity contribution in [3.8, 4) is 0 Å². The van der Waals surface area contributed by atoms with Gasteiger partial charge in [-0.1, -0.05) is 38.1 Å². The molecular formula is C20H20N2O4S. The molecule has 27 heavy (non-hydrogen) atoms. The van der Waals surface area contributed by atoms with E-state index in [2.05, 4.69) is 18.8 Å². The van der Waals surface area contributed by atoms with Crippen LogP contribution in [-0.2, 0) is 11.3 Å². The number of fused-ring (bicyclic) bond motifs is 1. The third kappa shape index (κ3) is 3.55. The molecule has 3 aromatic rings. The number of aryl methyl sites for hydroxylation is 1. The fourth-order valence-electron chi connectivity index (χ4n) is 2.86. The Labute approximate surface area is 160 Å². The summed E-state index contributed by atoms with van der Waals surface area (Å²) in [5.41, 5.74) is 1.89. The molecule has 0 bridgehead atoms. The van der Waals surface area contributed by atoms with Crippen molar-refractivity contribution in [3.63, 3.8) is 0 Å². The number of carbonyl (C=O) groups excluding carboxylic acids is 2. The third-order valence-corrected chi connectivity index (χ3v) is 5.68.